The minimum absolute atomic E-state index is 0.0103. The summed E-state index contributed by atoms with van der Waals surface area (Å²) in [5.74, 6) is 0.391. The first kappa shape index (κ1) is 22.0. The van der Waals surface area contributed by atoms with Crippen LogP contribution in [-0.2, 0) is 9.47 Å². The zero-order valence-corrected chi connectivity index (χ0v) is 19.5. The smallest absolute Gasteiger partial charge is 0.257 e. The van der Waals surface area contributed by atoms with E-state index in [-0.39, 0.29) is 24.1 Å². The number of carbonyl (C=O) groups is 1. The van der Waals surface area contributed by atoms with Crippen molar-refractivity contribution in [1.82, 2.24) is 29.5 Å². The molecule has 0 aromatic carbocycles. The van der Waals surface area contributed by atoms with Gasteiger partial charge in [-0.2, -0.15) is 9.61 Å². The quantitative estimate of drug-likeness (QED) is 0.382. The summed E-state index contributed by atoms with van der Waals surface area (Å²) in [6.07, 6.45) is 6.18. The number of methoxy groups -OCH3 is 1. The van der Waals surface area contributed by atoms with Crippen LogP contribution in [0, 0.1) is 0 Å². The van der Waals surface area contributed by atoms with Gasteiger partial charge in [0.15, 0.2) is 5.65 Å². The maximum absolute atomic E-state index is 13.0. The lowest BCUT2D eigenvalue weighted by molar-refractivity contribution is 0.0448. The average Bonchev–Trinajstić information content (AvgIpc) is 3.61. The first-order valence-electron chi connectivity index (χ1n) is 11.7. The molecule has 1 saturated carbocycles. The Kier molecular flexibility index (Phi) is 5.39. The summed E-state index contributed by atoms with van der Waals surface area (Å²) >= 11 is 0. The maximum atomic E-state index is 13.0. The summed E-state index contributed by atoms with van der Waals surface area (Å²) in [6, 6.07) is 5.56. The second-order valence-electron chi connectivity index (χ2n) is 9.00. The van der Waals surface area contributed by atoms with Crippen LogP contribution in [0.2, 0.25) is 0 Å². The van der Waals surface area contributed by atoms with Crippen molar-refractivity contribution in [2.24, 2.45) is 0 Å². The molecule has 4 atom stereocenters. The molecule has 4 aromatic heterocycles. The molecular weight excluding hydrogens is 450 g/mol. The summed E-state index contributed by atoms with van der Waals surface area (Å²) < 4.78 is 15.0. The van der Waals surface area contributed by atoms with E-state index in [1.54, 1.807) is 24.9 Å². The van der Waals surface area contributed by atoms with Crippen molar-refractivity contribution in [2.45, 2.75) is 37.1 Å². The van der Waals surface area contributed by atoms with E-state index in [0.717, 1.165) is 23.0 Å². The molecule has 1 saturated heterocycles. The maximum Gasteiger partial charge on any atom is 0.257 e. The Morgan fingerprint density at radius 1 is 1.29 bits per heavy atom. The van der Waals surface area contributed by atoms with Crippen LogP contribution in [-0.4, -0.2) is 80.8 Å². The van der Waals surface area contributed by atoms with Gasteiger partial charge in [-0.15, -0.1) is 0 Å². The van der Waals surface area contributed by atoms with Gasteiger partial charge in [-0.25, -0.2) is 9.97 Å². The van der Waals surface area contributed by atoms with Crippen molar-refractivity contribution in [3.8, 4) is 11.3 Å². The molecule has 182 valence electrons. The number of hydrogen-bond donors (Lipinski definition) is 3. The van der Waals surface area contributed by atoms with E-state index in [4.69, 9.17) is 14.5 Å². The molecule has 2 fully saturated rings. The number of carbonyl (C=O) groups excluding carboxylic acids is 1. The van der Waals surface area contributed by atoms with Crippen LogP contribution in [0.3, 0.4) is 0 Å². The molecule has 11 heteroatoms. The fourth-order valence-corrected chi connectivity index (χ4v) is 4.88. The highest BCUT2D eigenvalue weighted by molar-refractivity contribution is 6.01. The van der Waals surface area contributed by atoms with Crippen molar-refractivity contribution in [3.63, 3.8) is 0 Å². The third-order valence-electron chi connectivity index (χ3n) is 7.05. The highest BCUT2D eigenvalue weighted by Gasteiger charge is 2.33. The van der Waals surface area contributed by atoms with Gasteiger partial charge in [0.2, 0.25) is 0 Å². The summed E-state index contributed by atoms with van der Waals surface area (Å²) in [5, 5.41) is 21.3. The van der Waals surface area contributed by atoms with Gasteiger partial charge in [-0.1, -0.05) is 0 Å². The number of pyridine rings is 1. The summed E-state index contributed by atoms with van der Waals surface area (Å²) in [6.45, 7) is 1.06. The molecule has 0 radical (unpaired) electrons. The van der Waals surface area contributed by atoms with E-state index in [2.05, 4.69) is 25.3 Å². The van der Waals surface area contributed by atoms with Gasteiger partial charge in [0.1, 0.15) is 23.1 Å². The number of amides is 1. The van der Waals surface area contributed by atoms with Crippen LogP contribution >= 0.6 is 0 Å². The fourth-order valence-electron chi connectivity index (χ4n) is 4.88. The van der Waals surface area contributed by atoms with Crippen molar-refractivity contribution >= 4 is 28.4 Å². The molecule has 1 aliphatic carbocycles. The van der Waals surface area contributed by atoms with Crippen LogP contribution in [0.25, 0.3) is 27.9 Å². The fraction of sp³-hybridized carbons (Fsp3) is 0.417. The van der Waals surface area contributed by atoms with Gasteiger partial charge in [0, 0.05) is 43.6 Å². The molecule has 3 N–H and O–H groups in total. The molecule has 1 amide bonds. The molecule has 0 bridgehead atoms. The van der Waals surface area contributed by atoms with Crippen molar-refractivity contribution < 1.29 is 19.4 Å². The number of rotatable bonds is 6. The molecule has 4 aromatic rings. The van der Waals surface area contributed by atoms with Crippen molar-refractivity contribution in [3.05, 3.63) is 42.4 Å². The van der Waals surface area contributed by atoms with E-state index in [0.29, 0.717) is 42.4 Å². The van der Waals surface area contributed by atoms with E-state index >= 15 is 0 Å². The minimum atomic E-state index is -0.508. The largest absolute Gasteiger partial charge is 0.391 e. The van der Waals surface area contributed by atoms with Crippen molar-refractivity contribution in [2.75, 3.05) is 32.7 Å². The zero-order valence-electron chi connectivity index (χ0n) is 19.5. The van der Waals surface area contributed by atoms with Gasteiger partial charge in [-0.05, 0) is 25.0 Å². The molecule has 35 heavy (non-hydrogen) atoms. The Hall–Kier alpha value is -3.54. The predicted octanol–water partition coefficient (Wildman–Crippen LogP) is 1.63. The Morgan fingerprint density at radius 2 is 2.17 bits per heavy atom. The van der Waals surface area contributed by atoms with Gasteiger partial charge in [-0.3, -0.25) is 4.79 Å². The standard InChI is InChI=1S/C24H27N7O4/c1-25-21-8-17(28-23-14(9-27-31(21)23)24(33)29-16-5-6-19(16)32)15-10-30(18-11-35-12-20(18)34-2)22-13(15)4-3-7-26-22/h3-4,7-10,16,18-20,25,32H,5-6,11-12H2,1-2H3,(H,29,33)/t16?,18-,19+,20-/m1/s1. The van der Waals surface area contributed by atoms with Crippen LogP contribution in [0.4, 0.5) is 5.82 Å². The van der Waals surface area contributed by atoms with Gasteiger partial charge < -0.3 is 29.8 Å². The molecule has 0 spiro atoms. The van der Waals surface area contributed by atoms with Gasteiger partial charge in [0.05, 0.1) is 43.3 Å². The monoisotopic (exact) mass is 477 g/mol. The highest BCUT2D eigenvalue weighted by atomic mass is 16.5. The summed E-state index contributed by atoms with van der Waals surface area (Å²) in [5.41, 5.74) is 3.17. The van der Waals surface area contributed by atoms with E-state index < -0.39 is 6.10 Å². The second-order valence-corrected chi connectivity index (χ2v) is 9.00. The molecule has 11 nitrogen and oxygen atoms in total. The topological polar surface area (TPSA) is 128 Å². The Balaban J connectivity index is 1.47. The number of anilines is 1. The number of nitrogens with zero attached hydrogens (tertiary/aromatic N) is 5. The molecule has 6 rings (SSSR count). The third-order valence-corrected chi connectivity index (χ3v) is 7.05. The summed E-state index contributed by atoms with van der Waals surface area (Å²) in [4.78, 5) is 22.5. The number of ether oxygens (including phenoxy) is 2. The first-order chi connectivity index (χ1) is 17.1. The minimum Gasteiger partial charge on any atom is -0.391 e. The van der Waals surface area contributed by atoms with Crippen molar-refractivity contribution in [1.29, 1.82) is 0 Å². The van der Waals surface area contributed by atoms with Crippen LogP contribution < -0.4 is 10.6 Å². The average molecular weight is 478 g/mol. The number of aliphatic hydroxyl groups is 1. The predicted molar refractivity (Wildman–Crippen MR) is 128 cm³/mol. The van der Waals surface area contributed by atoms with Gasteiger partial charge in [0.25, 0.3) is 5.91 Å². The molecule has 2 aliphatic rings. The SMILES string of the molecule is CNc1cc(-c2cn([C@@H]3COC[C@H]3OC)c3ncccc23)nc2c(C(=O)NC3CC[C@@H]3O)cnn12. The Morgan fingerprint density at radius 3 is 2.91 bits per heavy atom. The number of nitrogens with one attached hydrogen (secondary N) is 2. The van der Waals surface area contributed by atoms with E-state index in [1.165, 1.54) is 6.20 Å². The van der Waals surface area contributed by atoms with Crippen LogP contribution in [0.5, 0.6) is 0 Å². The number of aromatic nitrogens is 5. The lowest BCUT2D eigenvalue weighted by Crippen LogP contribution is -2.50. The Labute approximate surface area is 201 Å². The number of hydrogen-bond acceptors (Lipinski definition) is 8. The number of aliphatic hydroxyl groups excluding tert-OH is 1. The second kappa shape index (κ2) is 8.59. The Bertz CT molecular complexity index is 1410. The van der Waals surface area contributed by atoms with Crippen LogP contribution in [0.1, 0.15) is 29.2 Å². The molecule has 5 heterocycles. The third kappa shape index (κ3) is 3.54. The lowest BCUT2D eigenvalue weighted by Gasteiger charge is -2.32. The summed E-state index contributed by atoms with van der Waals surface area (Å²) in [7, 11) is 3.49. The van der Waals surface area contributed by atoms with E-state index in [1.807, 2.05) is 24.4 Å². The van der Waals surface area contributed by atoms with E-state index in [9.17, 15) is 9.90 Å². The molecule has 1 aliphatic heterocycles. The molecular formula is C24H27N7O4. The highest BCUT2D eigenvalue weighted by Crippen LogP contribution is 2.35. The number of fused-ring (bicyclic) bond motifs is 2. The normalized spacial score (nSPS) is 24.1. The van der Waals surface area contributed by atoms with Gasteiger partial charge >= 0.3 is 0 Å². The zero-order chi connectivity index (χ0) is 24.1. The van der Waals surface area contributed by atoms with Crippen LogP contribution in [0.15, 0.2) is 36.8 Å². The molecule has 1 unspecified atom stereocenters. The first-order valence-corrected chi connectivity index (χ1v) is 11.7. The lowest BCUT2D eigenvalue weighted by atomic mass is 9.89.